The van der Waals surface area contributed by atoms with E-state index in [1.54, 1.807) is 7.11 Å². The van der Waals surface area contributed by atoms with Gasteiger partial charge in [0.25, 0.3) is 0 Å². The molecule has 4 nitrogen and oxygen atoms in total. The molecule has 0 aliphatic carbocycles. The molecule has 0 saturated carbocycles. The summed E-state index contributed by atoms with van der Waals surface area (Å²) < 4.78 is 23.4. The molecule has 2 aromatic rings. The smallest absolute Gasteiger partial charge is 0.494 e. The van der Waals surface area contributed by atoms with Crippen molar-refractivity contribution in [2.24, 2.45) is 0 Å². The molecule has 1 saturated heterocycles. The Kier molecular flexibility index (Phi) is 5.87. The normalized spacial score (nSPS) is 17.9. The number of rotatable bonds is 6. The molecule has 28 heavy (non-hydrogen) atoms. The van der Waals surface area contributed by atoms with Crippen LogP contribution in [0.3, 0.4) is 0 Å². The molecule has 0 bridgehead atoms. The molecule has 0 radical (unpaired) electrons. The molecule has 0 N–H and O–H groups in total. The monoisotopic (exact) mass is 380 g/mol. The average molecular weight is 380 g/mol. The minimum atomic E-state index is -0.419. The molecule has 0 aromatic heterocycles. The molecule has 1 aliphatic rings. The fourth-order valence-corrected chi connectivity index (χ4v) is 3.01. The summed E-state index contributed by atoms with van der Waals surface area (Å²) in [5.41, 5.74) is 2.32. The third-order valence-electron chi connectivity index (χ3n) is 5.37. The van der Waals surface area contributed by atoms with Crippen molar-refractivity contribution in [3.05, 3.63) is 53.6 Å². The summed E-state index contributed by atoms with van der Waals surface area (Å²) in [7, 11) is 1.25. The van der Waals surface area contributed by atoms with E-state index in [0.717, 1.165) is 28.1 Å². The van der Waals surface area contributed by atoms with Gasteiger partial charge in [0.2, 0.25) is 0 Å². The number of benzene rings is 2. The highest BCUT2D eigenvalue weighted by molar-refractivity contribution is 6.62. The van der Waals surface area contributed by atoms with Crippen LogP contribution in [-0.2, 0) is 9.31 Å². The highest BCUT2D eigenvalue weighted by atomic mass is 16.7. The first-order chi connectivity index (χ1) is 13.2. The molecular formula is C23H29BO4. The van der Waals surface area contributed by atoms with Crippen LogP contribution in [0.5, 0.6) is 11.5 Å². The first-order valence-electron chi connectivity index (χ1n) is 9.69. The second kappa shape index (κ2) is 8.02. The Hall–Kier alpha value is -2.24. The van der Waals surface area contributed by atoms with E-state index in [-0.39, 0.29) is 11.2 Å². The molecule has 1 heterocycles. The number of hydrogen-bond donors (Lipinski definition) is 0. The third-order valence-corrected chi connectivity index (χ3v) is 5.37. The Morgan fingerprint density at radius 2 is 1.46 bits per heavy atom. The second-order valence-electron chi connectivity index (χ2n) is 7.96. The lowest BCUT2D eigenvalue weighted by Crippen LogP contribution is -2.41. The number of hydrogen-bond acceptors (Lipinski definition) is 4. The van der Waals surface area contributed by atoms with Crippen LogP contribution in [0.4, 0.5) is 0 Å². The van der Waals surface area contributed by atoms with Crippen molar-refractivity contribution >= 4 is 24.7 Å². The second-order valence-corrected chi connectivity index (χ2v) is 7.96. The van der Waals surface area contributed by atoms with E-state index < -0.39 is 7.12 Å². The van der Waals surface area contributed by atoms with E-state index >= 15 is 0 Å². The molecule has 2 aromatic carbocycles. The third kappa shape index (κ3) is 4.42. The van der Waals surface area contributed by atoms with Crippen molar-refractivity contribution < 1.29 is 18.8 Å². The van der Waals surface area contributed by atoms with Crippen molar-refractivity contribution in [1.82, 2.24) is 0 Å². The molecule has 1 fully saturated rings. The van der Waals surface area contributed by atoms with Gasteiger partial charge in [-0.2, -0.15) is 0 Å². The standard InChI is InChI=1S/C23H29BO4/c1-7-26-20-12-10-17(11-13-20)8-9-18-14-19(16-21(15-18)25-6)24-27-22(2,3)23(4,5)28-24/h8-16H,7H2,1-6H3/b9-8+. The Labute approximate surface area is 168 Å². The van der Waals surface area contributed by atoms with Crippen LogP contribution in [0.15, 0.2) is 42.5 Å². The zero-order chi connectivity index (χ0) is 20.4. The predicted molar refractivity (Wildman–Crippen MR) is 115 cm³/mol. The SMILES string of the molecule is CCOc1ccc(/C=C/c2cc(OC)cc(B3OC(C)(C)C(C)(C)O3)c2)cc1. The summed E-state index contributed by atoms with van der Waals surface area (Å²) in [6.07, 6.45) is 4.13. The fourth-order valence-electron chi connectivity index (χ4n) is 3.01. The Morgan fingerprint density at radius 1 is 0.857 bits per heavy atom. The predicted octanol–water partition coefficient (Wildman–Crippen LogP) is 4.56. The highest BCUT2D eigenvalue weighted by Gasteiger charge is 2.51. The maximum Gasteiger partial charge on any atom is 0.494 e. The first-order valence-corrected chi connectivity index (χ1v) is 9.69. The van der Waals surface area contributed by atoms with Gasteiger partial charge in [0.15, 0.2) is 0 Å². The average Bonchev–Trinajstić information content (AvgIpc) is 2.88. The quantitative estimate of drug-likeness (QED) is 0.544. The van der Waals surface area contributed by atoms with Gasteiger partial charge in [-0.1, -0.05) is 30.4 Å². The van der Waals surface area contributed by atoms with Gasteiger partial charge >= 0.3 is 7.12 Å². The van der Waals surface area contributed by atoms with Gasteiger partial charge in [-0.05, 0) is 75.5 Å². The van der Waals surface area contributed by atoms with Crippen LogP contribution in [-0.4, -0.2) is 32.0 Å². The van der Waals surface area contributed by atoms with Gasteiger partial charge in [0.05, 0.1) is 24.9 Å². The number of methoxy groups -OCH3 is 1. The Morgan fingerprint density at radius 3 is 2.04 bits per heavy atom. The lowest BCUT2D eigenvalue weighted by Gasteiger charge is -2.32. The van der Waals surface area contributed by atoms with Gasteiger partial charge in [-0.3, -0.25) is 0 Å². The van der Waals surface area contributed by atoms with Crippen molar-refractivity contribution in [3.63, 3.8) is 0 Å². The summed E-state index contributed by atoms with van der Waals surface area (Å²) in [6.45, 7) is 10.9. The molecule has 0 spiro atoms. The topological polar surface area (TPSA) is 36.9 Å². The van der Waals surface area contributed by atoms with Gasteiger partial charge in [0.1, 0.15) is 11.5 Å². The zero-order valence-electron chi connectivity index (χ0n) is 17.6. The number of ether oxygens (including phenoxy) is 2. The van der Waals surface area contributed by atoms with Crippen molar-refractivity contribution in [2.75, 3.05) is 13.7 Å². The molecule has 3 rings (SSSR count). The van der Waals surface area contributed by atoms with Crippen molar-refractivity contribution in [1.29, 1.82) is 0 Å². The Balaban J connectivity index is 1.83. The minimum Gasteiger partial charge on any atom is -0.497 e. The van der Waals surface area contributed by atoms with E-state index in [0.29, 0.717) is 6.61 Å². The maximum absolute atomic E-state index is 6.19. The fraction of sp³-hybridized carbons (Fsp3) is 0.391. The summed E-state index contributed by atoms with van der Waals surface area (Å²) in [4.78, 5) is 0. The van der Waals surface area contributed by atoms with Crippen LogP contribution in [0.25, 0.3) is 12.2 Å². The van der Waals surface area contributed by atoms with E-state index in [9.17, 15) is 0 Å². The molecular weight excluding hydrogens is 351 g/mol. The van der Waals surface area contributed by atoms with E-state index in [4.69, 9.17) is 18.8 Å². The van der Waals surface area contributed by atoms with E-state index in [1.807, 2.05) is 43.3 Å². The van der Waals surface area contributed by atoms with Crippen LogP contribution in [0.2, 0.25) is 0 Å². The molecule has 5 heteroatoms. The van der Waals surface area contributed by atoms with E-state index in [2.05, 4.69) is 45.9 Å². The maximum atomic E-state index is 6.19. The van der Waals surface area contributed by atoms with Crippen molar-refractivity contribution in [3.8, 4) is 11.5 Å². The molecule has 1 aliphatic heterocycles. The molecule has 0 amide bonds. The van der Waals surface area contributed by atoms with Crippen LogP contribution >= 0.6 is 0 Å². The highest BCUT2D eigenvalue weighted by Crippen LogP contribution is 2.36. The Bertz CT molecular complexity index is 824. The lowest BCUT2D eigenvalue weighted by molar-refractivity contribution is 0.00578. The van der Waals surface area contributed by atoms with E-state index in [1.165, 1.54) is 0 Å². The lowest BCUT2D eigenvalue weighted by atomic mass is 9.78. The van der Waals surface area contributed by atoms with Gasteiger partial charge in [-0.25, -0.2) is 0 Å². The van der Waals surface area contributed by atoms with Gasteiger partial charge in [-0.15, -0.1) is 0 Å². The summed E-state index contributed by atoms with van der Waals surface area (Å²) >= 11 is 0. The van der Waals surface area contributed by atoms with Crippen LogP contribution in [0, 0.1) is 0 Å². The minimum absolute atomic E-state index is 0.376. The van der Waals surface area contributed by atoms with Crippen LogP contribution in [0.1, 0.15) is 45.7 Å². The van der Waals surface area contributed by atoms with Gasteiger partial charge < -0.3 is 18.8 Å². The zero-order valence-corrected chi connectivity index (χ0v) is 17.6. The summed E-state index contributed by atoms with van der Waals surface area (Å²) in [6, 6.07) is 14.1. The molecule has 148 valence electrons. The largest absolute Gasteiger partial charge is 0.497 e. The molecule has 0 atom stereocenters. The summed E-state index contributed by atoms with van der Waals surface area (Å²) in [5, 5.41) is 0. The van der Waals surface area contributed by atoms with Crippen LogP contribution < -0.4 is 14.9 Å². The molecule has 0 unspecified atom stereocenters. The summed E-state index contributed by atoms with van der Waals surface area (Å²) in [5.74, 6) is 1.66. The van der Waals surface area contributed by atoms with Gasteiger partial charge in [0, 0.05) is 0 Å². The first kappa shape index (κ1) is 20.5. The van der Waals surface area contributed by atoms with Crippen molar-refractivity contribution in [2.45, 2.75) is 45.8 Å².